The van der Waals surface area contributed by atoms with Crippen LogP contribution >= 0.6 is 0 Å². The summed E-state index contributed by atoms with van der Waals surface area (Å²) in [7, 11) is 0. The van der Waals surface area contributed by atoms with Gasteiger partial charge in [0, 0.05) is 11.7 Å². The molecule has 210 valence electrons. The van der Waals surface area contributed by atoms with Gasteiger partial charge in [0.25, 0.3) is 0 Å². The first-order chi connectivity index (χ1) is 20.7. The van der Waals surface area contributed by atoms with Gasteiger partial charge in [-0.25, -0.2) is 0 Å². The number of allylic oxidation sites excluding steroid dienone is 11. The lowest BCUT2D eigenvalue weighted by atomic mass is 9.85. The van der Waals surface area contributed by atoms with Gasteiger partial charge in [0.2, 0.25) is 0 Å². The Bertz CT molecular complexity index is 1640. The van der Waals surface area contributed by atoms with Crippen LogP contribution < -0.4 is 5.32 Å². The lowest BCUT2D eigenvalue weighted by Gasteiger charge is -2.25. The number of rotatable bonds is 8. The molecule has 0 saturated carbocycles. The summed E-state index contributed by atoms with van der Waals surface area (Å²) >= 11 is 0. The first kappa shape index (κ1) is 27.8. The molecule has 1 nitrogen and oxygen atoms in total. The highest BCUT2D eigenvalue weighted by molar-refractivity contribution is 5.86. The number of fused-ring (bicyclic) bond motifs is 1. The van der Waals surface area contributed by atoms with Crippen LogP contribution in [0, 0.1) is 0 Å². The van der Waals surface area contributed by atoms with Crippen molar-refractivity contribution in [3.05, 3.63) is 167 Å². The zero-order valence-corrected chi connectivity index (χ0v) is 24.9. The molecule has 0 radical (unpaired) electrons. The van der Waals surface area contributed by atoms with Crippen molar-refractivity contribution in [3.63, 3.8) is 0 Å². The Morgan fingerprint density at radius 3 is 2.43 bits per heavy atom. The zero-order chi connectivity index (χ0) is 28.7. The first-order valence-corrected chi connectivity index (χ1v) is 15.5. The van der Waals surface area contributed by atoms with Crippen LogP contribution in [-0.2, 0) is 6.42 Å². The molecule has 0 bridgehead atoms. The van der Waals surface area contributed by atoms with Crippen molar-refractivity contribution in [2.24, 2.45) is 0 Å². The topological polar surface area (TPSA) is 12.0 Å². The lowest BCUT2D eigenvalue weighted by Crippen LogP contribution is -2.28. The third-order valence-corrected chi connectivity index (χ3v) is 8.75. The molecule has 1 N–H and O–H groups in total. The number of hydrogen-bond acceptors (Lipinski definition) is 1. The van der Waals surface area contributed by atoms with Crippen LogP contribution in [0.2, 0.25) is 0 Å². The van der Waals surface area contributed by atoms with Gasteiger partial charge < -0.3 is 5.32 Å². The largest absolute Gasteiger partial charge is 0.382 e. The van der Waals surface area contributed by atoms with Crippen molar-refractivity contribution < 1.29 is 0 Å². The Hall–Kier alpha value is -4.36. The summed E-state index contributed by atoms with van der Waals surface area (Å²) in [6, 6.07) is 26.9. The van der Waals surface area contributed by atoms with Gasteiger partial charge in [-0.05, 0) is 107 Å². The minimum absolute atomic E-state index is 0.321. The standard InChI is InChI=1S/C41H41N/c1-3-4-6-11-30(2)35-22-27-40(33-13-7-5-8-14-33)41(29-35)34-20-25-39(26-21-34)42-38-23-18-32(19-24-38)37-17-16-31-12-9-10-15-36(31)28-37/h3-15,18,20-23,25,27-30,39,42H,16-17,19,24,26H2,1-2H3/b4-3-,11-6-. The van der Waals surface area contributed by atoms with Gasteiger partial charge in [-0.1, -0.05) is 128 Å². The molecular formula is C41H41N. The van der Waals surface area contributed by atoms with E-state index in [9.17, 15) is 0 Å². The van der Waals surface area contributed by atoms with Crippen LogP contribution in [0.5, 0.6) is 0 Å². The average molecular weight is 548 g/mol. The highest BCUT2D eigenvalue weighted by Crippen LogP contribution is 2.36. The van der Waals surface area contributed by atoms with Gasteiger partial charge in [0.1, 0.15) is 0 Å². The Morgan fingerprint density at radius 1 is 0.810 bits per heavy atom. The Balaban J connectivity index is 1.17. The molecule has 0 aromatic heterocycles. The fourth-order valence-corrected chi connectivity index (χ4v) is 6.28. The summed E-state index contributed by atoms with van der Waals surface area (Å²) in [5.74, 6) is 0.350. The Kier molecular flexibility index (Phi) is 8.66. The van der Waals surface area contributed by atoms with Gasteiger partial charge in [-0.15, -0.1) is 0 Å². The molecule has 0 aliphatic heterocycles. The van der Waals surface area contributed by atoms with E-state index >= 15 is 0 Å². The lowest BCUT2D eigenvalue weighted by molar-refractivity contribution is 0.641. The third kappa shape index (κ3) is 6.42. The summed E-state index contributed by atoms with van der Waals surface area (Å²) in [4.78, 5) is 0. The smallest absolute Gasteiger partial charge is 0.0479 e. The van der Waals surface area contributed by atoms with Crippen molar-refractivity contribution in [2.75, 3.05) is 0 Å². The molecule has 3 aromatic rings. The van der Waals surface area contributed by atoms with E-state index in [0.29, 0.717) is 12.0 Å². The molecular weight excluding hydrogens is 506 g/mol. The molecule has 0 fully saturated rings. The second-order valence-corrected chi connectivity index (χ2v) is 11.6. The minimum Gasteiger partial charge on any atom is -0.382 e. The van der Waals surface area contributed by atoms with Crippen molar-refractivity contribution in [1.82, 2.24) is 5.32 Å². The molecule has 42 heavy (non-hydrogen) atoms. The van der Waals surface area contributed by atoms with E-state index in [1.807, 2.05) is 0 Å². The highest BCUT2D eigenvalue weighted by atomic mass is 14.9. The van der Waals surface area contributed by atoms with Crippen LogP contribution in [0.3, 0.4) is 0 Å². The van der Waals surface area contributed by atoms with Gasteiger partial charge in [-0.3, -0.25) is 0 Å². The summed E-state index contributed by atoms with van der Waals surface area (Å²) in [5.41, 5.74) is 13.7. The second kappa shape index (κ2) is 13.1. The maximum Gasteiger partial charge on any atom is 0.0479 e. The van der Waals surface area contributed by atoms with E-state index < -0.39 is 0 Å². The molecule has 3 aliphatic carbocycles. The predicted molar refractivity (Wildman–Crippen MR) is 181 cm³/mol. The van der Waals surface area contributed by atoms with E-state index in [1.54, 1.807) is 0 Å². The molecule has 3 aliphatic rings. The molecule has 3 aromatic carbocycles. The quantitative estimate of drug-likeness (QED) is 0.277. The predicted octanol–water partition coefficient (Wildman–Crippen LogP) is 10.5. The van der Waals surface area contributed by atoms with Crippen molar-refractivity contribution in [3.8, 4) is 11.1 Å². The molecule has 0 saturated heterocycles. The van der Waals surface area contributed by atoms with E-state index in [0.717, 1.165) is 32.1 Å². The van der Waals surface area contributed by atoms with Crippen LogP contribution in [0.25, 0.3) is 22.8 Å². The number of hydrogen-bond donors (Lipinski definition) is 1. The molecule has 6 rings (SSSR count). The van der Waals surface area contributed by atoms with Crippen LogP contribution in [-0.4, -0.2) is 6.04 Å². The monoisotopic (exact) mass is 547 g/mol. The van der Waals surface area contributed by atoms with Crippen molar-refractivity contribution in [2.45, 2.75) is 57.9 Å². The molecule has 0 spiro atoms. The SMILES string of the molecule is C/C=C\C=C/C(C)c1ccc(-c2ccccc2)c(C2=CCC(NC3=CC=C(C4=Cc5ccccc5CC4)CC3)C=C2)c1. The van der Waals surface area contributed by atoms with Crippen molar-refractivity contribution in [1.29, 1.82) is 0 Å². The molecule has 0 amide bonds. The van der Waals surface area contributed by atoms with Gasteiger partial charge in [0.05, 0.1) is 0 Å². The van der Waals surface area contributed by atoms with Gasteiger partial charge in [0.15, 0.2) is 0 Å². The molecule has 1 heteroatoms. The normalized spacial score (nSPS) is 19.1. The van der Waals surface area contributed by atoms with E-state index in [4.69, 9.17) is 0 Å². The molecule has 2 atom stereocenters. The number of aryl methyl sites for hydroxylation is 1. The Labute approximate surface area is 252 Å². The van der Waals surface area contributed by atoms with Gasteiger partial charge >= 0.3 is 0 Å². The fraction of sp³-hybridized carbons (Fsp3) is 0.220. The summed E-state index contributed by atoms with van der Waals surface area (Å²) < 4.78 is 0. The highest BCUT2D eigenvalue weighted by Gasteiger charge is 2.18. The third-order valence-electron chi connectivity index (χ3n) is 8.75. The fourth-order valence-electron chi connectivity index (χ4n) is 6.28. The van der Waals surface area contributed by atoms with Crippen LogP contribution in [0.4, 0.5) is 0 Å². The minimum atomic E-state index is 0.321. The zero-order valence-electron chi connectivity index (χ0n) is 24.9. The molecule has 0 heterocycles. The van der Waals surface area contributed by atoms with E-state index in [-0.39, 0.29) is 0 Å². The van der Waals surface area contributed by atoms with E-state index in [2.05, 4.69) is 153 Å². The average Bonchev–Trinajstić information content (AvgIpc) is 3.05. The summed E-state index contributed by atoms with van der Waals surface area (Å²) in [6.45, 7) is 4.33. The van der Waals surface area contributed by atoms with Crippen LogP contribution in [0.15, 0.2) is 144 Å². The summed E-state index contributed by atoms with van der Waals surface area (Å²) in [6.07, 6.45) is 28.2. The first-order valence-electron chi connectivity index (χ1n) is 15.5. The maximum atomic E-state index is 3.82. The maximum absolute atomic E-state index is 3.82. The van der Waals surface area contributed by atoms with Gasteiger partial charge in [-0.2, -0.15) is 0 Å². The number of nitrogens with one attached hydrogen (secondary N) is 1. The van der Waals surface area contributed by atoms with Crippen LogP contribution in [0.1, 0.15) is 67.7 Å². The number of benzene rings is 3. The van der Waals surface area contributed by atoms with E-state index in [1.165, 1.54) is 55.8 Å². The molecule has 2 unspecified atom stereocenters. The van der Waals surface area contributed by atoms with Crippen molar-refractivity contribution >= 4 is 11.6 Å². The Morgan fingerprint density at radius 2 is 1.64 bits per heavy atom. The summed E-state index contributed by atoms with van der Waals surface area (Å²) in [5, 5.41) is 3.82. The second-order valence-electron chi connectivity index (χ2n) is 11.6.